The first kappa shape index (κ1) is 21.0. The monoisotopic (exact) mass is 437 g/mol. The summed E-state index contributed by atoms with van der Waals surface area (Å²) in [4.78, 5) is 22.9. The fraction of sp³-hybridized carbons (Fsp3) is 0.318. The van der Waals surface area contributed by atoms with Crippen LogP contribution in [0.5, 0.6) is 0 Å². The Morgan fingerprint density at radius 1 is 1.23 bits per heavy atom. The van der Waals surface area contributed by atoms with Gasteiger partial charge in [0.15, 0.2) is 11.0 Å². The van der Waals surface area contributed by atoms with Crippen molar-refractivity contribution < 1.29 is 9.72 Å². The Labute approximate surface area is 184 Å². The minimum absolute atomic E-state index is 0.0163. The average molecular weight is 438 g/mol. The summed E-state index contributed by atoms with van der Waals surface area (Å²) >= 11 is 1.54. The molecule has 9 heteroatoms. The lowest BCUT2D eigenvalue weighted by Gasteiger charge is -2.16. The Kier molecular flexibility index (Phi) is 6.03. The summed E-state index contributed by atoms with van der Waals surface area (Å²) < 4.78 is 1.87. The molecular formula is C22H23N5O3S. The molecule has 1 unspecified atom stereocenters. The lowest BCUT2D eigenvalue weighted by molar-refractivity contribution is -0.384. The third kappa shape index (κ3) is 4.77. The molecule has 0 saturated heterocycles. The second kappa shape index (κ2) is 8.89. The van der Waals surface area contributed by atoms with Crippen LogP contribution in [0, 0.1) is 23.0 Å². The number of aryl methyl sites for hydroxylation is 1. The van der Waals surface area contributed by atoms with E-state index in [-0.39, 0.29) is 23.6 Å². The number of benzene rings is 2. The minimum atomic E-state index is -0.427. The van der Waals surface area contributed by atoms with E-state index in [9.17, 15) is 14.9 Å². The first-order valence-electron chi connectivity index (χ1n) is 10.1. The van der Waals surface area contributed by atoms with Gasteiger partial charge in [-0.25, -0.2) is 0 Å². The summed E-state index contributed by atoms with van der Waals surface area (Å²) in [5.41, 5.74) is 3.12. The van der Waals surface area contributed by atoms with Gasteiger partial charge in [0.2, 0.25) is 5.91 Å². The molecule has 0 spiro atoms. The molecule has 1 atom stereocenters. The molecule has 1 fully saturated rings. The van der Waals surface area contributed by atoms with Crippen LogP contribution >= 0.6 is 11.8 Å². The van der Waals surface area contributed by atoms with E-state index in [0.717, 1.165) is 12.8 Å². The molecule has 31 heavy (non-hydrogen) atoms. The maximum absolute atomic E-state index is 12.3. The molecule has 1 aliphatic rings. The maximum atomic E-state index is 12.3. The number of hydrogen-bond donors (Lipinski definition) is 1. The van der Waals surface area contributed by atoms with Gasteiger partial charge in [-0.15, -0.1) is 10.2 Å². The highest BCUT2D eigenvalue weighted by Crippen LogP contribution is 2.31. The number of nitrogens with zero attached hydrogens (tertiary/aromatic N) is 4. The summed E-state index contributed by atoms with van der Waals surface area (Å²) in [7, 11) is 0. The van der Waals surface area contributed by atoms with Gasteiger partial charge in [-0.05, 0) is 49.9 Å². The smallest absolute Gasteiger partial charge is 0.269 e. The van der Waals surface area contributed by atoms with Gasteiger partial charge in [0.05, 0.1) is 11.0 Å². The van der Waals surface area contributed by atoms with Crippen LogP contribution in [-0.4, -0.2) is 25.6 Å². The van der Waals surface area contributed by atoms with Crippen molar-refractivity contribution in [2.45, 2.75) is 43.6 Å². The van der Waals surface area contributed by atoms with Gasteiger partial charge < -0.3 is 5.32 Å². The van der Waals surface area contributed by atoms with Crippen LogP contribution in [0.25, 0.3) is 5.69 Å². The zero-order valence-corrected chi connectivity index (χ0v) is 18.1. The average Bonchev–Trinajstić information content (AvgIpc) is 3.53. The number of nitro benzene ring substituents is 1. The van der Waals surface area contributed by atoms with Gasteiger partial charge in [-0.1, -0.05) is 36.0 Å². The highest BCUT2D eigenvalue weighted by Gasteiger charge is 2.31. The third-order valence-electron chi connectivity index (χ3n) is 5.29. The van der Waals surface area contributed by atoms with Crippen molar-refractivity contribution in [3.8, 4) is 5.69 Å². The summed E-state index contributed by atoms with van der Waals surface area (Å²) in [5.74, 6) is 1.42. The van der Waals surface area contributed by atoms with Crippen LogP contribution < -0.4 is 5.32 Å². The molecule has 8 nitrogen and oxygen atoms in total. The quantitative estimate of drug-likeness (QED) is 0.319. The third-order valence-corrected chi connectivity index (χ3v) is 6.27. The van der Waals surface area contributed by atoms with Crippen LogP contribution in [0.2, 0.25) is 0 Å². The standard InChI is InChI=1S/C22H23N5O3S/c1-14-5-3-4-6-17(14)13-31-22-25-24-20(15(2)23-21(28)16-7-8-16)26(22)18-9-11-19(12-10-18)27(29)30/h3-6,9-12,15-16H,7-8,13H2,1-2H3,(H,23,28). The fourth-order valence-electron chi connectivity index (χ4n) is 3.28. The van der Waals surface area contributed by atoms with Crippen molar-refractivity contribution in [2.24, 2.45) is 5.92 Å². The van der Waals surface area contributed by atoms with Crippen LogP contribution in [-0.2, 0) is 10.5 Å². The van der Waals surface area contributed by atoms with Crippen LogP contribution in [0.3, 0.4) is 0 Å². The number of nitro groups is 1. The van der Waals surface area contributed by atoms with Crippen molar-refractivity contribution in [3.05, 3.63) is 75.6 Å². The Morgan fingerprint density at radius 2 is 1.94 bits per heavy atom. The number of nitrogens with one attached hydrogen (secondary N) is 1. The first-order valence-corrected chi connectivity index (χ1v) is 11.1. The number of carbonyl (C=O) groups excluding carboxylic acids is 1. The Hall–Kier alpha value is -3.20. The van der Waals surface area contributed by atoms with Crippen LogP contribution in [0.1, 0.15) is 42.8 Å². The van der Waals surface area contributed by atoms with Crippen molar-refractivity contribution in [1.29, 1.82) is 0 Å². The van der Waals surface area contributed by atoms with Crippen LogP contribution in [0.15, 0.2) is 53.7 Å². The number of aromatic nitrogens is 3. The van der Waals surface area contributed by atoms with Crippen LogP contribution in [0.4, 0.5) is 5.69 Å². The molecule has 1 aliphatic carbocycles. The highest BCUT2D eigenvalue weighted by molar-refractivity contribution is 7.98. The molecular weight excluding hydrogens is 414 g/mol. The lowest BCUT2D eigenvalue weighted by Crippen LogP contribution is -2.29. The zero-order valence-electron chi connectivity index (χ0n) is 17.3. The summed E-state index contributed by atoms with van der Waals surface area (Å²) in [6.07, 6.45) is 1.84. The molecule has 160 valence electrons. The molecule has 0 radical (unpaired) electrons. The van der Waals surface area contributed by atoms with Crippen molar-refractivity contribution in [2.75, 3.05) is 0 Å². The van der Waals surface area contributed by atoms with Gasteiger partial charge in [-0.2, -0.15) is 0 Å². The molecule has 1 N–H and O–H groups in total. The van der Waals surface area contributed by atoms with Gasteiger partial charge in [-0.3, -0.25) is 19.5 Å². The lowest BCUT2D eigenvalue weighted by atomic mass is 10.1. The predicted octanol–water partition coefficient (Wildman–Crippen LogP) is 4.36. The summed E-state index contributed by atoms with van der Waals surface area (Å²) in [6, 6.07) is 14.1. The first-order chi connectivity index (χ1) is 14.9. The number of carbonyl (C=O) groups is 1. The number of rotatable bonds is 8. The number of thioether (sulfide) groups is 1. The van der Waals surface area contributed by atoms with Gasteiger partial charge in [0.1, 0.15) is 0 Å². The van der Waals surface area contributed by atoms with Crippen molar-refractivity contribution in [3.63, 3.8) is 0 Å². The molecule has 0 aliphatic heterocycles. The molecule has 3 aromatic rings. The second-order valence-electron chi connectivity index (χ2n) is 7.67. The van der Waals surface area contributed by atoms with E-state index in [1.54, 1.807) is 12.1 Å². The number of hydrogen-bond acceptors (Lipinski definition) is 6. The molecule has 1 saturated carbocycles. The molecule has 1 heterocycles. The number of non-ortho nitro benzene ring substituents is 1. The van der Waals surface area contributed by atoms with E-state index in [2.05, 4.69) is 34.6 Å². The maximum Gasteiger partial charge on any atom is 0.269 e. The van der Waals surface area contributed by atoms with Gasteiger partial charge >= 0.3 is 0 Å². The van der Waals surface area contributed by atoms with E-state index >= 15 is 0 Å². The van der Waals surface area contributed by atoms with Crippen molar-refractivity contribution >= 4 is 23.4 Å². The van der Waals surface area contributed by atoms with E-state index in [1.165, 1.54) is 35.0 Å². The van der Waals surface area contributed by atoms with E-state index in [1.807, 2.05) is 23.6 Å². The molecule has 2 aromatic carbocycles. The topological polar surface area (TPSA) is 103 Å². The number of amides is 1. The Morgan fingerprint density at radius 3 is 2.58 bits per heavy atom. The molecule has 1 amide bonds. The zero-order chi connectivity index (χ0) is 22.0. The molecule has 0 bridgehead atoms. The van der Waals surface area contributed by atoms with E-state index < -0.39 is 4.92 Å². The summed E-state index contributed by atoms with van der Waals surface area (Å²) in [6.45, 7) is 3.94. The largest absolute Gasteiger partial charge is 0.346 e. The Bertz CT molecular complexity index is 1110. The molecule has 1 aromatic heterocycles. The Balaban J connectivity index is 1.65. The normalized spacial score (nSPS) is 14.3. The van der Waals surface area contributed by atoms with E-state index in [4.69, 9.17) is 0 Å². The van der Waals surface area contributed by atoms with E-state index in [0.29, 0.717) is 22.4 Å². The van der Waals surface area contributed by atoms with Crippen molar-refractivity contribution in [1.82, 2.24) is 20.1 Å². The minimum Gasteiger partial charge on any atom is -0.346 e. The highest BCUT2D eigenvalue weighted by atomic mass is 32.2. The predicted molar refractivity (Wildman–Crippen MR) is 118 cm³/mol. The van der Waals surface area contributed by atoms with Gasteiger partial charge in [0.25, 0.3) is 5.69 Å². The SMILES string of the molecule is Cc1ccccc1CSc1nnc(C(C)NC(=O)C2CC2)n1-c1ccc([N+](=O)[O-])cc1. The summed E-state index contributed by atoms with van der Waals surface area (Å²) in [5, 5.41) is 23.5. The second-order valence-corrected chi connectivity index (χ2v) is 8.61. The molecule has 4 rings (SSSR count). The fourth-order valence-corrected chi connectivity index (χ4v) is 4.31. The van der Waals surface area contributed by atoms with Gasteiger partial charge in [0, 0.05) is 29.5 Å².